The lowest BCUT2D eigenvalue weighted by Gasteiger charge is -2.07. The zero-order valence-corrected chi connectivity index (χ0v) is 16.3. The Morgan fingerprint density at radius 1 is 0.607 bits per heavy atom. The normalized spacial score (nSPS) is 11.0. The first-order chi connectivity index (χ1) is 13.8. The Bertz CT molecular complexity index is 1230. The molecule has 2 heterocycles. The third kappa shape index (κ3) is 3.28. The summed E-state index contributed by atoms with van der Waals surface area (Å²) in [6.45, 7) is 0. The minimum Gasteiger partial charge on any atom is -0.208 e. The van der Waals surface area contributed by atoms with E-state index < -0.39 is 0 Å². The third-order valence-electron chi connectivity index (χ3n) is 4.42. The second-order valence-corrected chi connectivity index (χ2v) is 7.85. The van der Waals surface area contributed by atoms with Crippen molar-refractivity contribution in [2.24, 2.45) is 0 Å². The fraction of sp³-hybridized carbons (Fsp3) is 0. The fourth-order valence-electron chi connectivity index (χ4n) is 3.02. The van der Waals surface area contributed by atoms with E-state index in [9.17, 15) is 0 Å². The Morgan fingerprint density at radius 2 is 1.21 bits per heavy atom. The van der Waals surface area contributed by atoms with Crippen molar-refractivity contribution < 1.29 is 0 Å². The predicted molar refractivity (Wildman–Crippen MR) is 117 cm³/mol. The molecule has 0 saturated heterocycles. The van der Waals surface area contributed by atoms with Gasteiger partial charge in [-0.3, -0.25) is 0 Å². The highest BCUT2D eigenvalue weighted by atomic mass is 35.5. The lowest BCUT2D eigenvalue weighted by atomic mass is 10.2. The molecular formula is C23H14ClN3S. The SMILES string of the molecule is Clc1ccc(-c2nc(-c3ccccc3)nc(-c3cc4ccccc4s3)n2)cc1. The van der Waals surface area contributed by atoms with E-state index in [0.29, 0.717) is 22.5 Å². The van der Waals surface area contributed by atoms with Crippen molar-refractivity contribution in [2.75, 3.05) is 0 Å². The van der Waals surface area contributed by atoms with Crippen LogP contribution in [0.3, 0.4) is 0 Å². The van der Waals surface area contributed by atoms with Gasteiger partial charge in [0.1, 0.15) is 0 Å². The summed E-state index contributed by atoms with van der Waals surface area (Å²) < 4.78 is 1.22. The van der Waals surface area contributed by atoms with Crippen LogP contribution in [0.4, 0.5) is 0 Å². The van der Waals surface area contributed by atoms with Crippen LogP contribution >= 0.6 is 22.9 Å². The number of hydrogen-bond donors (Lipinski definition) is 0. The maximum Gasteiger partial charge on any atom is 0.174 e. The number of hydrogen-bond acceptors (Lipinski definition) is 4. The van der Waals surface area contributed by atoms with Gasteiger partial charge >= 0.3 is 0 Å². The number of rotatable bonds is 3. The van der Waals surface area contributed by atoms with Gasteiger partial charge in [0.2, 0.25) is 0 Å². The first-order valence-electron chi connectivity index (χ1n) is 8.83. The summed E-state index contributed by atoms with van der Waals surface area (Å²) in [5.41, 5.74) is 1.87. The number of halogens is 1. The lowest BCUT2D eigenvalue weighted by Crippen LogP contribution is -1.99. The highest BCUT2D eigenvalue weighted by Crippen LogP contribution is 2.33. The highest BCUT2D eigenvalue weighted by molar-refractivity contribution is 7.22. The van der Waals surface area contributed by atoms with Gasteiger partial charge in [-0.15, -0.1) is 11.3 Å². The molecule has 0 N–H and O–H groups in total. The van der Waals surface area contributed by atoms with Crippen molar-refractivity contribution in [1.82, 2.24) is 15.0 Å². The zero-order chi connectivity index (χ0) is 18.9. The van der Waals surface area contributed by atoms with E-state index in [1.54, 1.807) is 11.3 Å². The van der Waals surface area contributed by atoms with Gasteiger partial charge in [0, 0.05) is 20.8 Å². The van der Waals surface area contributed by atoms with Gasteiger partial charge in [-0.25, -0.2) is 15.0 Å². The van der Waals surface area contributed by atoms with Crippen molar-refractivity contribution in [3.63, 3.8) is 0 Å². The molecule has 134 valence electrons. The van der Waals surface area contributed by atoms with Crippen LogP contribution < -0.4 is 0 Å². The van der Waals surface area contributed by atoms with Gasteiger partial charge in [-0.1, -0.05) is 60.1 Å². The summed E-state index contributed by atoms with van der Waals surface area (Å²) in [6, 6.07) is 28.0. The summed E-state index contributed by atoms with van der Waals surface area (Å²) in [5.74, 6) is 1.98. The van der Waals surface area contributed by atoms with Crippen LogP contribution in [0.1, 0.15) is 0 Å². The molecule has 5 heteroatoms. The van der Waals surface area contributed by atoms with E-state index in [4.69, 9.17) is 26.6 Å². The molecule has 5 rings (SSSR count). The Hall–Kier alpha value is -3.08. The minimum atomic E-state index is 0.637. The molecule has 5 aromatic rings. The number of fused-ring (bicyclic) bond motifs is 1. The van der Waals surface area contributed by atoms with Crippen molar-refractivity contribution in [3.8, 4) is 33.5 Å². The van der Waals surface area contributed by atoms with Crippen molar-refractivity contribution in [1.29, 1.82) is 0 Å². The zero-order valence-electron chi connectivity index (χ0n) is 14.7. The van der Waals surface area contributed by atoms with Gasteiger partial charge in [0.05, 0.1) is 4.88 Å². The molecule has 0 unspecified atom stereocenters. The van der Waals surface area contributed by atoms with Gasteiger partial charge in [-0.2, -0.15) is 0 Å². The number of nitrogens with zero attached hydrogens (tertiary/aromatic N) is 3. The maximum atomic E-state index is 6.05. The highest BCUT2D eigenvalue weighted by Gasteiger charge is 2.14. The number of aromatic nitrogens is 3. The van der Waals surface area contributed by atoms with Gasteiger partial charge in [0.25, 0.3) is 0 Å². The Morgan fingerprint density at radius 3 is 1.93 bits per heavy atom. The van der Waals surface area contributed by atoms with Gasteiger partial charge < -0.3 is 0 Å². The van der Waals surface area contributed by atoms with Gasteiger partial charge in [-0.05, 0) is 41.8 Å². The summed E-state index contributed by atoms with van der Waals surface area (Å²) >= 11 is 7.73. The molecule has 0 atom stereocenters. The fourth-order valence-corrected chi connectivity index (χ4v) is 4.15. The van der Waals surface area contributed by atoms with E-state index in [0.717, 1.165) is 16.0 Å². The second kappa shape index (κ2) is 7.15. The largest absolute Gasteiger partial charge is 0.208 e. The monoisotopic (exact) mass is 399 g/mol. The molecule has 2 aromatic heterocycles. The first kappa shape index (κ1) is 17.0. The average Bonchev–Trinajstić information content (AvgIpc) is 3.19. The van der Waals surface area contributed by atoms with E-state index >= 15 is 0 Å². The van der Waals surface area contributed by atoms with Crippen LogP contribution in [0.5, 0.6) is 0 Å². The molecule has 0 aliphatic carbocycles. The molecular weight excluding hydrogens is 386 g/mol. The molecule has 0 aliphatic heterocycles. The number of thiophene rings is 1. The van der Waals surface area contributed by atoms with Crippen LogP contribution in [0.25, 0.3) is 43.6 Å². The summed E-state index contributed by atoms with van der Waals surface area (Å²) in [5, 5.41) is 1.88. The summed E-state index contributed by atoms with van der Waals surface area (Å²) in [7, 11) is 0. The minimum absolute atomic E-state index is 0.637. The van der Waals surface area contributed by atoms with Crippen LogP contribution in [0.15, 0.2) is 84.9 Å². The standard InChI is InChI=1S/C23H14ClN3S/c24-18-12-10-16(11-13-18)22-25-21(15-6-2-1-3-7-15)26-23(27-22)20-14-17-8-4-5-9-19(17)28-20/h1-14H. The average molecular weight is 400 g/mol. The summed E-state index contributed by atoms with van der Waals surface area (Å²) in [6.07, 6.45) is 0. The van der Waals surface area contributed by atoms with Gasteiger partial charge in [0.15, 0.2) is 17.5 Å². The number of benzene rings is 3. The van der Waals surface area contributed by atoms with E-state index in [1.165, 1.54) is 10.1 Å². The van der Waals surface area contributed by atoms with Crippen molar-refractivity contribution >= 4 is 33.0 Å². The molecule has 0 amide bonds. The molecule has 28 heavy (non-hydrogen) atoms. The molecule has 0 radical (unpaired) electrons. The molecule has 0 fully saturated rings. The Kier molecular flexibility index (Phi) is 4.35. The van der Waals surface area contributed by atoms with E-state index in [-0.39, 0.29) is 0 Å². The summed E-state index contributed by atoms with van der Waals surface area (Å²) in [4.78, 5) is 15.3. The Balaban J connectivity index is 1.71. The van der Waals surface area contributed by atoms with E-state index in [2.05, 4.69) is 18.2 Å². The quantitative estimate of drug-likeness (QED) is 0.337. The molecule has 3 nitrogen and oxygen atoms in total. The molecule has 0 bridgehead atoms. The lowest BCUT2D eigenvalue weighted by molar-refractivity contribution is 1.08. The molecule has 0 saturated carbocycles. The van der Waals surface area contributed by atoms with Crippen molar-refractivity contribution in [2.45, 2.75) is 0 Å². The van der Waals surface area contributed by atoms with E-state index in [1.807, 2.05) is 66.7 Å². The maximum absolute atomic E-state index is 6.05. The molecule has 3 aromatic carbocycles. The molecule has 0 spiro atoms. The van der Waals surface area contributed by atoms with Crippen LogP contribution in [-0.2, 0) is 0 Å². The van der Waals surface area contributed by atoms with Crippen LogP contribution in [-0.4, -0.2) is 15.0 Å². The first-order valence-corrected chi connectivity index (χ1v) is 10.0. The smallest absolute Gasteiger partial charge is 0.174 e. The third-order valence-corrected chi connectivity index (χ3v) is 5.78. The Labute approximate surface area is 171 Å². The van der Waals surface area contributed by atoms with Crippen LogP contribution in [0.2, 0.25) is 5.02 Å². The van der Waals surface area contributed by atoms with Crippen molar-refractivity contribution in [3.05, 3.63) is 90.0 Å². The van der Waals surface area contributed by atoms with Crippen LogP contribution in [0, 0.1) is 0 Å². The molecule has 0 aliphatic rings. The topological polar surface area (TPSA) is 38.7 Å². The predicted octanol–water partition coefficient (Wildman–Crippen LogP) is 6.74. The second-order valence-electron chi connectivity index (χ2n) is 6.33.